The molecule has 1 unspecified atom stereocenters. The number of H-pyrrole nitrogens is 1. The second kappa shape index (κ2) is 7.03. The number of aromatic nitrogens is 2. The molecule has 0 spiro atoms. The van der Waals surface area contributed by atoms with Gasteiger partial charge in [0.15, 0.2) is 0 Å². The Morgan fingerprint density at radius 1 is 1.39 bits per heavy atom. The molecule has 1 amide bonds. The van der Waals surface area contributed by atoms with Crippen LogP contribution in [-0.4, -0.2) is 50.2 Å². The molecule has 0 fully saturated rings. The highest BCUT2D eigenvalue weighted by atomic mass is 19.1. The van der Waals surface area contributed by atoms with E-state index in [9.17, 15) is 14.0 Å². The molecule has 1 atom stereocenters. The lowest BCUT2D eigenvalue weighted by molar-refractivity contribution is -0.139. The van der Waals surface area contributed by atoms with Crippen molar-refractivity contribution >= 4 is 24.5 Å². The minimum Gasteiger partial charge on any atom is -0.480 e. The van der Waals surface area contributed by atoms with Crippen molar-refractivity contribution < 1.29 is 29.1 Å². The van der Waals surface area contributed by atoms with E-state index in [1.165, 1.54) is 12.5 Å². The maximum absolute atomic E-state index is 13.8. The van der Waals surface area contributed by atoms with Crippen LogP contribution in [0.15, 0.2) is 30.7 Å². The molecular formula is C13H13BFN3O5. The number of halogens is 1. The van der Waals surface area contributed by atoms with Crippen LogP contribution in [0.2, 0.25) is 0 Å². The predicted molar refractivity (Wildman–Crippen MR) is 77.4 cm³/mol. The summed E-state index contributed by atoms with van der Waals surface area (Å²) in [4.78, 5) is 29.7. The van der Waals surface area contributed by atoms with Crippen LogP contribution < -0.4 is 10.8 Å². The summed E-state index contributed by atoms with van der Waals surface area (Å²) in [5.41, 5.74) is -0.0199. The van der Waals surface area contributed by atoms with Crippen molar-refractivity contribution in [1.82, 2.24) is 15.3 Å². The number of nitrogens with one attached hydrogen (secondary N) is 2. The Balaban J connectivity index is 2.14. The van der Waals surface area contributed by atoms with Crippen molar-refractivity contribution in [2.75, 3.05) is 0 Å². The number of hydrogen-bond donors (Lipinski definition) is 5. The van der Waals surface area contributed by atoms with Gasteiger partial charge in [0.2, 0.25) is 0 Å². The molecule has 23 heavy (non-hydrogen) atoms. The number of carboxylic acid groups (broad SMARTS) is 1. The number of amides is 1. The number of carbonyl (C=O) groups excluding carboxylic acids is 1. The topological polar surface area (TPSA) is 136 Å². The van der Waals surface area contributed by atoms with Crippen molar-refractivity contribution in [3.63, 3.8) is 0 Å². The zero-order valence-corrected chi connectivity index (χ0v) is 11.7. The van der Waals surface area contributed by atoms with Gasteiger partial charge in [0.1, 0.15) is 11.9 Å². The van der Waals surface area contributed by atoms with Crippen LogP contribution in [0.1, 0.15) is 16.1 Å². The highest BCUT2D eigenvalue weighted by Gasteiger charge is 2.24. The summed E-state index contributed by atoms with van der Waals surface area (Å²) < 4.78 is 13.8. The van der Waals surface area contributed by atoms with Gasteiger partial charge < -0.3 is 25.5 Å². The van der Waals surface area contributed by atoms with Crippen molar-refractivity contribution in [2.45, 2.75) is 12.5 Å². The van der Waals surface area contributed by atoms with E-state index in [1.54, 1.807) is 0 Å². The smallest absolute Gasteiger partial charge is 0.480 e. The molecule has 5 N–H and O–H groups in total. The summed E-state index contributed by atoms with van der Waals surface area (Å²) in [6.07, 6.45) is 2.74. The van der Waals surface area contributed by atoms with E-state index in [1.807, 2.05) is 0 Å². The molecule has 8 nitrogen and oxygen atoms in total. The highest BCUT2D eigenvalue weighted by Crippen LogP contribution is 2.07. The average molecular weight is 321 g/mol. The van der Waals surface area contributed by atoms with Crippen molar-refractivity contribution in [3.8, 4) is 0 Å². The van der Waals surface area contributed by atoms with E-state index in [-0.39, 0.29) is 11.9 Å². The van der Waals surface area contributed by atoms with Crippen LogP contribution >= 0.6 is 0 Å². The van der Waals surface area contributed by atoms with Gasteiger partial charge in [-0.05, 0) is 17.6 Å². The van der Waals surface area contributed by atoms with Crippen molar-refractivity contribution in [2.24, 2.45) is 0 Å². The van der Waals surface area contributed by atoms with Gasteiger partial charge in [0.25, 0.3) is 5.91 Å². The third-order valence-corrected chi connectivity index (χ3v) is 3.12. The number of benzene rings is 1. The zero-order valence-electron chi connectivity index (χ0n) is 11.7. The van der Waals surface area contributed by atoms with Gasteiger partial charge in [0, 0.05) is 18.3 Å². The minimum absolute atomic E-state index is 0.0455. The van der Waals surface area contributed by atoms with Gasteiger partial charge in [-0.3, -0.25) is 4.79 Å². The molecule has 2 aromatic rings. The first kappa shape index (κ1) is 16.7. The first-order chi connectivity index (χ1) is 10.9. The van der Waals surface area contributed by atoms with Crippen LogP contribution in [-0.2, 0) is 11.2 Å². The highest BCUT2D eigenvalue weighted by molar-refractivity contribution is 6.58. The molecule has 0 saturated carbocycles. The number of aliphatic carboxylic acids is 1. The molecule has 2 rings (SSSR count). The van der Waals surface area contributed by atoms with Crippen LogP contribution in [0.5, 0.6) is 0 Å². The third kappa shape index (κ3) is 4.14. The molecule has 0 aliphatic heterocycles. The summed E-state index contributed by atoms with van der Waals surface area (Å²) in [5.74, 6) is -3.19. The second-order valence-corrected chi connectivity index (χ2v) is 4.76. The number of aromatic amines is 1. The SMILES string of the molecule is O=C(NC(Cc1cnc[nH]1)C(=O)O)c1ccc(B(O)O)cc1F. The van der Waals surface area contributed by atoms with Gasteiger partial charge in [-0.25, -0.2) is 14.2 Å². The third-order valence-electron chi connectivity index (χ3n) is 3.12. The lowest BCUT2D eigenvalue weighted by atomic mass is 9.80. The van der Waals surface area contributed by atoms with Crippen molar-refractivity contribution in [1.29, 1.82) is 0 Å². The van der Waals surface area contributed by atoms with E-state index in [4.69, 9.17) is 15.2 Å². The minimum atomic E-state index is -1.87. The zero-order chi connectivity index (χ0) is 17.0. The lowest BCUT2D eigenvalue weighted by Crippen LogP contribution is -2.43. The van der Waals surface area contributed by atoms with Crippen molar-refractivity contribution in [3.05, 3.63) is 47.8 Å². The summed E-state index contributed by atoms with van der Waals surface area (Å²) in [6.45, 7) is 0. The summed E-state index contributed by atoms with van der Waals surface area (Å²) in [6, 6.07) is 1.73. The summed E-state index contributed by atoms with van der Waals surface area (Å²) in [5, 5.41) is 29.2. The molecule has 0 aliphatic carbocycles. The van der Waals surface area contributed by atoms with Crippen LogP contribution in [0, 0.1) is 5.82 Å². The van der Waals surface area contributed by atoms with Crippen LogP contribution in [0.25, 0.3) is 0 Å². The van der Waals surface area contributed by atoms with E-state index in [2.05, 4.69) is 15.3 Å². The first-order valence-electron chi connectivity index (χ1n) is 6.55. The fourth-order valence-corrected chi connectivity index (χ4v) is 1.93. The monoisotopic (exact) mass is 321 g/mol. The largest absolute Gasteiger partial charge is 0.488 e. The fourth-order valence-electron chi connectivity index (χ4n) is 1.93. The molecule has 0 radical (unpaired) electrons. The quantitative estimate of drug-likeness (QED) is 0.418. The maximum Gasteiger partial charge on any atom is 0.488 e. The van der Waals surface area contributed by atoms with E-state index >= 15 is 0 Å². The molecule has 10 heteroatoms. The Kier molecular flexibility index (Phi) is 5.09. The molecular weight excluding hydrogens is 308 g/mol. The molecule has 1 aromatic carbocycles. The Morgan fingerprint density at radius 2 is 2.13 bits per heavy atom. The van der Waals surface area contributed by atoms with E-state index < -0.39 is 36.4 Å². The van der Waals surface area contributed by atoms with E-state index in [0.29, 0.717) is 5.69 Å². The summed E-state index contributed by atoms with van der Waals surface area (Å²) in [7, 11) is -1.87. The second-order valence-electron chi connectivity index (χ2n) is 4.76. The summed E-state index contributed by atoms with van der Waals surface area (Å²) >= 11 is 0. The van der Waals surface area contributed by atoms with Gasteiger partial charge in [-0.2, -0.15) is 0 Å². The van der Waals surface area contributed by atoms with Gasteiger partial charge in [-0.15, -0.1) is 0 Å². The molecule has 1 aromatic heterocycles. The van der Waals surface area contributed by atoms with Crippen LogP contribution in [0.3, 0.4) is 0 Å². The van der Waals surface area contributed by atoms with Gasteiger partial charge >= 0.3 is 13.1 Å². The standard InChI is InChI=1S/C13H13BFN3O5/c15-10-3-7(14(22)23)1-2-9(10)12(19)18-11(13(20)21)4-8-5-16-6-17-8/h1-3,5-6,11,22-23H,4H2,(H,16,17)(H,18,19)(H,20,21). The molecule has 0 aliphatic rings. The van der Waals surface area contributed by atoms with Gasteiger partial charge in [0.05, 0.1) is 11.9 Å². The Bertz CT molecular complexity index is 708. The number of nitrogens with zero attached hydrogens (tertiary/aromatic N) is 1. The normalized spacial score (nSPS) is 11.8. The average Bonchev–Trinajstić information content (AvgIpc) is 2.99. The van der Waals surface area contributed by atoms with E-state index in [0.717, 1.165) is 18.2 Å². The number of carbonyl (C=O) groups is 2. The predicted octanol–water partition coefficient (Wildman–Crippen LogP) is -1.35. The Morgan fingerprint density at radius 3 is 2.65 bits per heavy atom. The van der Waals surface area contributed by atoms with Crippen LogP contribution in [0.4, 0.5) is 4.39 Å². The maximum atomic E-state index is 13.8. The molecule has 120 valence electrons. The Hall–Kier alpha value is -2.72. The molecule has 1 heterocycles. The Labute approximate surface area is 130 Å². The number of imidazole rings is 1. The fraction of sp³-hybridized carbons (Fsp3) is 0.154. The number of rotatable bonds is 6. The molecule has 0 saturated heterocycles. The first-order valence-corrected chi connectivity index (χ1v) is 6.55. The number of hydrogen-bond acceptors (Lipinski definition) is 5. The number of carboxylic acids is 1. The molecule has 0 bridgehead atoms. The van der Waals surface area contributed by atoms with Gasteiger partial charge in [-0.1, -0.05) is 6.07 Å². The lowest BCUT2D eigenvalue weighted by Gasteiger charge is -2.14.